The number of alkyl carbamates (subject to hydrolysis) is 1. The maximum atomic E-state index is 13.0. The van der Waals surface area contributed by atoms with Crippen LogP contribution in [-0.4, -0.2) is 55.9 Å². The molecule has 0 unspecified atom stereocenters. The van der Waals surface area contributed by atoms with Crippen LogP contribution < -0.4 is 10.1 Å². The lowest BCUT2D eigenvalue weighted by atomic mass is 9.98. The lowest BCUT2D eigenvalue weighted by Crippen LogP contribution is -2.41. The molecule has 0 saturated carbocycles. The van der Waals surface area contributed by atoms with Crippen molar-refractivity contribution >= 4 is 6.09 Å². The highest BCUT2D eigenvalue weighted by atomic mass is 16.6. The number of fused-ring (bicyclic) bond motifs is 3. The normalized spacial score (nSPS) is 17.6. The second-order valence-electron chi connectivity index (χ2n) is 10.7. The Morgan fingerprint density at radius 2 is 1.45 bits per heavy atom. The van der Waals surface area contributed by atoms with E-state index < -0.39 is 6.09 Å². The molecule has 0 radical (unpaired) electrons. The number of amides is 1. The average molecular weight is 566 g/mol. The topological polar surface area (TPSA) is 89.6 Å². The first-order valence-corrected chi connectivity index (χ1v) is 14.4. The number of ether oxygens (including phenoxy) is 4. The van der Waals surface area contributed by atoms with Crippen molar-refractivity contribution in [3.8, 4) is 16.9 Å². The number of aliphatic hydroxyl groups excluding tert-OH is 1. The van der Waals surface area contributed by atoms with E-state index in [2.05, 4.69) is 29.6 Å². The quantitative estimate of drug-likeness (QED) is 0.208. The molecule has 42 heavy (non-hydrogen) atoms. The first-order chi connectivity index (χ1) is 20.7. The number of aliphatic hydroxyl groups is 1. The highest BCUT2D eigenvalue weighted by Gasteiger charge is 2.38. The third-order valence-electron chi connectivity index (χ3n) is 7.79. The zero-order valence-electron chi connectivity index (χ0n) is 23.4. The summed E-state index contributed by atoms with van der Waals surface area (Å²) in [5.41, 5.74) is 6.86. The van der Waals surface area contributed by atoms with E-state index in [1.165, 1.54) is 22.3 Å². The van der Waals surface area contributed by atoms with Gasteiger partial charge in [-0.25, -0.2) is 4.79 Å². The minimum absolute atomic E-state index is 0.0105. The first-order valence-electron chi connectivity index (χ1n) is 14.4. The Bertz CT molecular complexity index is 1430. The van der Waals surface area contributed by atoms with E-state index in [-0.39, 0.29) is 44.0 Å². The number of carbonyl (C=O) groups is 1. The molecule has 1 fully saturated rings. The van der Waals surface area contributed by atoms with Crippen LogP contribution in [0.1, 0.15) is 28.2 Å². The second kappa shape index (κ2) is 13.2. The van der Waals surface area contributed by atoms with E-state index in [0.717, 1.165) is 16.9 Å². The van der Waals surface area contributed by atoms with Crippen molar-refractivity contribution in [3.05, 3.63) is 125 Å². The van der Waals surface area contributed by atoms with Gasteiger partial charge in [-0.3, -0.25) is 0 Å². The highest BCUT2D eigenvalue weighted by Crippen LogP contribution is 2.44. The van der Waals surface area contributed by atoms with Crippen LogP contribution in [0.25, 0.3) is 11.1 Å². The molecule has 1 heterocycles. The molecule has 0 aromatic heterocycles. The SMILES string of the molecule is O=C(N[C@H](COC[C@@H]1O[C@@H]1CO)Cc1ccc(OCc2ccccc2)cc1)OCC1c2ccccc2-c2ccccc21. The monoisotopic (exact) mass is 565 g/mol. The summed E-state index contributed by atoms with van der Waals surface area (Å²) >= 11 is 0. The smallest absolute Gasteiger partial charge is 0.407 e. The maximum Gasteiger partial charge on any atom is 0.407 e. The van der Waals surface area contributed by atoms with Crippen LogP contribution in [0, 0.1) is 0 Å². The van der Waals surface area contributed by atoms with Crippen LogP contribution in [0.3, 0.4) is 0 Å². The van der Waals surface area contributed by atoms with E-state index in [0.29, 0.717) is 19.6 Å². The van der Waals surface area contributed by atoms with Crippen LogP contribution in [0.2, 0.25) is 0 Å². The number of hydrogen-bond acceptors (Lipinski definition) is 6. The Morgan fingerprint density at radius 1 is 0.786 bits per heavy atom. The molecule has 4 aromatic carbocycles. The lowest BCUT2D eigenvalue weighted by molar-refractivity contribution is 0.0887. The van der Waals surface area contributed by atoms with Gasteiger partial charge in [0.25, 0.3) is 0 Å². The van der Waals surface area contributed by atoms with Gasteiger partial charge in [0, 0.05) is 5.92 Å². The van der Waals surface area contributed by atoms with Crippen molar-refractivity contribution in [3.63, 3.8) is 0 Å². The van der Waals surface area contributed by atoms with E-state index in [9.17, 15) is 9.90 Å². The summed E-state index contributed by atoms with van der Waals surface area (Å²) in [6, 6.07) is 34.1. The Labute approximate surface area is 246 Å². The molecule has 3 atom stereocenters. The molecule has 1 aliphatic carbocycles. The Hall–Kier alpha value is -4.17. The molecule has 1 aliphatic heterocycles. The molecular formula is C35H35NO6. The molecule has 6 rings (SSSR count). The van der Waals surface area contributed by atoms with Gasteiger partial charge in [0.1, 0.15) is 31.2 Å². The fourth-order valence-electron chi connectivity index (χ4n) is 5.52. The van der Waals surface area contributed by atoms with Crippen LogP contribution >= 0.6 is 0 Å². The van der Waals surface area contributed by atoms with Gasteiger partial charge in [-0.1, -0.05) is 91.0 Å². The van der Waals surface area contributed by atoms with Gasteiger partial charge in [-0.15, -0.1) is 0 Å². The molecule has 216 valence electrons. The number of epoxide rings is 1. The van der Waals surface area contributed by atoms with Gasteiger partial charge in [-0.05, 0) is 51.9 Å². The molecule has 4 aromatic rings. The summed E-state index contributed by atoms with van der Waals surface area (Å²) in [4.78, 5) is 13.0. The fourth-order valence-corrected chi connectivity index (χ4v) is 5.52. The summed E-state index contributed by atoms with van der Waals surface area (Å²) in [7, 11) is 0. The molecule has 0 bridgehead atoms. The number of hydrogen-bond donors (Lipinski definition) is 2. The minimum Gasteiger partial charge on any atom is -0.489 e. The molecule has 7 heteroatoms. The number of carbonyl (C=O) groups excluding carboxylic acids is 1. The molecule has 1 amide bonds. The Balaban J connectivity index is 1.06. The standard InChI is InChI=1S/C35H35NO6/c37-19-33-34(42-33)23-39-21-26(18-24-14-16-27(17-15-24)40-20-25-8-2-1-3-9-25)36-35(38)41-22-32-30-12-6-4-10-28(30)29-11-5-7-13-31(29)32/h1-17,26,32-34,37H,18-23H2,(H,36,38)/t26-,33+,34-/m0/s1. The Morgan fingerprint density at radius 3 is 2.12 bits per heavy atom. The van der Waals surface area contributed by atoms with E-state index in [1.54, 1.807) is 0 Å². The minimum atomic E-state index is -0.482. The van der Waals surface area contributed by atoms with E-state index in [4.69, 9.17) is 18.9 Å². The molecule has 7 nitrogen and oxygen atoms in total. The summed E-state index contributed by atoms with van der Waals surface area (Å²) in [6.07, 6.45) is -0.199. The van der Waals surface area contributed by atoms with Crippen molar-refractivity contribution in [2.24, 2.45) is 0 Å². The zero-order valence-corrected chi connectivity index (χ0v) is 23.4. The van der Waals surface area contributed by atoms with Gasteiger partial charge in [0.2, 0.25) is 0 Å². The van der Waals surface area contributed by atoms with Crippen molar-refractivity contribution in [2.45, 2.75) is 37.2 Å². The van der Waals surface area contributed by atoms with Crippen LogP contribution in [0.15, 0.2) is 103 Å². The van der Waals surface area contributed by atoms with Gasteiger partial charge in [-0.2, -0.15) is 0 Å². The average Bonchev–Trinajstić information content (AvgIpc) is 3.72. The van der Waals surface area contributed by atoms with Crippen molar-refractivity contribution in [1.29, 1.82) is 0 Å². The molecule has 0 spiro atoms. The van der Waals surface area contributed by atoms with Crippen molar-refractivity contribution in [2.75, 3.05) is 26.4 Å². The van der Waals surface area contributed by atoms with E-state index >= 15 is 0 Å². The number of nitrogens with one attached hydrogen (secondary N) is 1. The van der Waals surface area contributed by atoms with Crippen molar-refractivity contribution < 1.29 is 28.8 Å². The number of benzene rings is 4. The molecule has 2 N–H and O–H groups in total. The summed E-state index contributed by atoms with van der Waals surface area (Å²) in [5.74, 6) is 0.768. The first kappa shape index (κ1) is 28.0. The van der Waals surface area contributed by atoms with Gasteiger partial charge >= 0.3 is 6.09 Å². The molecule has 2 aliphatic rings. The predicted octanol–water partition coefficient (Wildman–Crippen LogP) is 5.49. The third kappa shape index (κ3) is 6.82. The summed E-state index contributed by atoms with van der Waals surface area (Å²) < 4.78 is 23.0. The van der Waals surface area contributed by atoms with Crippen LogP contribution in [0.4, 0.5) is 4.79 Å². The van der Waals surface area contributed by atoms with Gasteiger partial charge in [0.15, 0.2) is 0 Å². The largest absolute Gasteiger partial charge is 0.489 e. The third-order valence-corrected chi connectivity index (χ3v) is 7.79. The van der Waals surface area contributed by atoms with Crippen molar-refractivity contribution in [1.82, 2.24) is 5.32 Å². The highest BCUT2D eigenvalue weighted by molar-refractivity contribution is 5.79. The second-order valence-corrected chi connectivity index (χ2v) is 10.7. The summed E-state index contributed by atoms with van der Waals surface area (Å²) in [6.45, 7) is 1.37. The predicted molar refractivity (Wildman–Crippen MR) is 159 cm³/mol. The Kier molecular flexibility index (Phi) is 8.80. The van der Waals surface area contributed by atoms with Gasteiger partial charge in [0.05, 0.1) is 25.9 Å². The molecular weight excluding hydrogens is 530 g/mol. The zero-order chi connectivity index (χ0) is 28.7. The number of rotatable bonds is 13. The lowest BCUT2D eigenvalue weighted by Gasteiger charge is -2.20. The molecule has 1 saturated heterocycles. The van der Waals surface area contributed by atoms with E-state index in [1.807, 2.05) is 78.9 Å². The summed E-state index contributed by atoms with van der Waals surface area (Å²) in [5, 5.41) is 12.2. The van der Waals surface area contributed by atoms with Crippen LogP contribution in [-0.2, 0) is 27.2 Å². The fraction of sp³-hybridized carbons (Fsp3) is 0.286. The van der Waals surface area contributed by atoms with Crippen LogP contribution in [0.5, 0.6) is 5.75 Å². The van der Waals surface area contributed by atoms with Gasteiger partial charge < -0.3 is 29.4 Å². The maximum absolute atomic E-state index is 13.0.